The summed E-state index contributed by atoms with van der Waals surface area (Å²) in [5.41, 5.74) is 1.69. The number of benzene rings is 2. The fourth-order valence-electron chi connectivity index (χ4n) is 2.37. The molecule has 7 heteroatoms. The average molecular weight is 359 g/mol. The predicted octanol–water partition coefficient (Wildman–Crippen LogP) is 3.03. The van der Waals surface area contributed by atoms with Gasteiger partial charge in [-0.05, 0) is 54.7 Å². The van der Waals surface area contributed by atoms with Crippen LogP contribution in [-0.2, 0) is 22.6 Å². The monoisotopic (exact) mass is 359 g/mol. The third kappa shape index (κ3) is 5.86. The van der Waals surface area contributed by atoms with Crippen LogP contribution in [0, 0.1) is 10.1 Å². The molecule has 2 aromatic rings. The number of nitro benzene ring substituents is 1. The van der Waals surface area contributed by atoms with Crippen molar-refractivity contribution in [1.29, 1.82) is 0 Å². The van der Waals surface area contributed by atoms with Crippen molar-refractivity contribution in [1.82, 2.24) is 0 Å². The van der Waals surface area contributed by atoms with Crippen molar-refractivity contribution in [3.63, 3.8) is 0 Å². The number of nitro groups is 1. The van der Waals surface area contributed by atoms with Crippen molar-refractivity contribution in [2.75, 3.05) is 7.11 Å². The largest absolute Gasteiger partial charge is 0.497 e. The van der Waals surface area contributed by atoms with Crippen LogP contribution in [0.2, 0.25) is 0 Å². The molecule has 0 amide bonds. The Kier molecular flexibility index (Phi) is 7.11. The summed E-state index contributed by atoms with van der Waals surface area (Å²) in [5.74, 6) is 0.0849. The summed E-state index contributed by atoms with van der Waals surface area (Å²) >= 11 is 0. The minimum absolute atomic E-state index is 0.0290. The van der Waals surface area contributed by atoms with Gasteiger partial charge in [-0.2, -0.15) is 0 Å². The van der Waals surface area contributed by atoms with E-state index in [9.17, 15) is 20.0 Å². The van der Waals surface area contributed by atoms with Gasteiger partial charge in [-0.15, -0.1) is 0 Å². The topological polar surface area (TPSA) is 98.9 Å². The highest BCUT2D eigenvalue weighted by Gasteiger charge is 2.16. The molecule has 0 aliphatic rings. The lowest BCUT2D eigenvalue weighted by atomic mass is 10.1. The minimum Gasteiger partial charge on any atom is -0.497 e. The van der Waals surface area contributed by atoms with E-state index in [1.54, 1.807) is 7.11 Å². The van der Waals surface area contributed by atoms with Gasteiger partial charge in [0.2, 0.25) is 0 Å². The molecular weight excluding hydrogens is 338 g/mol. The van der Waals surface area contributed by atoms with Crippen LogP contribution in [0.1, 0.15) is 24.0 Å². The zero-order chi connectivity index (χ0) is 18.9. The Hall–Kier alpha value is -2.93. The van der Waals surface area contributed by atoms with Crippen LogP contribution in [-0.4, -0.2) is 29.2 Å². The summed E-state index contributed by atoms with van der Waals surface area (Å²) in [5, 5.41) is 20.5. The molecule has 0 aliphatic heterocycles. The van der Waals surface area contributed by atoms with Crippen LogP contribution in [0.5, 0.6) is 5.75 Å². The molecule has 26 heavy (non-hydrogen) atoms. The zero-order valence-electron chi connectivity index (χ0n) is 14.5. The smallest absolute Gasteiger partial charge is 0.335 e. The van der Waals surface area contributed by atoms with Crippen LogP contribution >= 0.6 is 0 Å². The van der Waals surface area contributed by atoms with Crippen LogP contribution in [0.25, 0.3) is 0 Å². The number of nitrogens with zero attached hydrogens (tertiary/aromatic N) is 1. The van der Waals surface area contributed by atoms with E-state index in [-0.39, 0.29) is 12.3 Å². The Balaban J connectivity index is 1.72. The number of carbonyl (C=O) groups is 1. The van der Waals surface area contributed by atoms with E-state index in [2.05, 4.69) is 0 Å². The van der Waals surface area contributed by atoms with Crippen molar-refractivity contribution in [3.05, 3.63) is 69.8 Å². The fraction of sp³-hybridized carbons (Fsp3) is 0.316. The highest BCUT2D eigenvalue weighted by atomic mass is 16.6. The van der Waals surface area contributed by atoms with Gasteiger partial charge in [-0.1, -0.05) is 12.1 Å². The van der Waals surface area contributed by atoms with Gasteiger partial charge in [0, 0.05) is 12.1 Å². The number of rotatable bonds is 9. The Morgan fingerprint density at radius 1 is 1.12 bits per heavy atom. The molecule has 0 bridgehead atoms. The number of aliphatic hydroxyl groups excluding tert-OH is 1. The average Bonchev–Trinajstić information content (AvgIpc) is 2.66. The highest BCUT2D eigenvalue weighted by Crippen LogP contribution is 2.15. The van der Waals surface area contributed by atoms with Crippen LogP contribution < -0.4 is 4.74 Å². The van der Waals surface area contributed by atoms with Crippen LogP contribution in [0.3, 0.4) is 0 Å². The van der Waals surface area contributed by atoms with E-state index in [0.29, 0.717) is 18.4 Å². The van der Waals surface area contributed by atoms with E-state index < -0.39 is 17.0 Å². The SMILES string of the molecule is COc1ccc(CCC[C@H](O)C(=O)OCc2ccc([N+](=O)[O-])cc2)cc1. The van der Waals surface area contributed by atoms with Crippen molar-refractivity contribution in [2.24, 2.45) is 0 Å². The van der Waals surface area contributed by atoms with Crippen molar-refractivity contribution in [3.8, 4) is 5.75 Å². The highest BCUT2D eigenvalue weighted by molar-refractivity contribution is 5.74. The normalized spacial score (nSPS) is 11.6. The quantitative estimate of drug-likeness (QED) is 0.420. The van der Waals surface area contributed by atoms with Gasteiger partial charge in [0.1, 0.15) is 12.4 Å². The second kappa shape index (κ2) is 9.53. The Morgan fingerprint density at radius 3 is 2.31 bits per heavy atom. The number of hydrogen-bond donors (Lipinski definition) is 1. The van der Waals surface area contributed by atoms with E-state index in [4.69, 9.17) is 9.47 Å². The molecule has 2 rings (SSSR count). The van der Waals surface area contributed by atoms with Gasteiger partial charge in [-0.25, -0.2) is 4.79 Å². The number of non-ortho nitro benzene ring substituents is 1. The first-order valence-electron chi connectivity index (χ1n) is 8.20. The lowest BCUT2D eigenvalue weighted by molar-refractivity contribution is -0.384. The lowest BCUT2D eigenvalue weighted by Gasteiger charge is -2.11. The number of hydrogen-bond acceptors (Lipinski definition) is 6. The predicted molar refractivity (Wildman–Crippen MR) is 94.8 cm³/mol. The molecule has 0 saturated carbocycles. The molecule has 0 unspecified atom stereocenters. The first-order chi connectivity index (χ1) is 12.5. The maximum atomic E-state index is 11.8. The Labute approximate surface area is 151 Å². The van der Waals surface area contributed by atoms with Gasteiger partial charge < -0.3 is 14.6 Å². The van der Waals surface area contributed by atoms with Gasteiger partial charge in [0.25, 0.3) is 5.69 Å². The second-order valence-electron chi connectivity index (χ2n) is 5.79. The molecular formula is C19H21NO6. The first-order valence-corrected chi connectivity index (χ1v) is 8.20. The molecule has 0 spiro atoms. The molecule has 0 heterocycles. The summed E-state index contributed by atoms with van der Waals surface area (Å²) in [6, 6.07) is 13.3. The summed E-state index contributed by atoms with van der Waals surface area (Å²) in [6.07, 6.45) is 0.480. The molecule has 0 aliphatic carbocycles. The number of methoxy groups -OCH3 is 1. The van der Waals surface area contributed by atoms with Crippen LogP contribution in [0.4, 0.5) is 5.69 Å². The van der Waals surface area contributed by atoms with Crippen molar-refractivity contribution in [2.45, 2.75) is 32.0 Å². The number of carbonyl (C=O) groups excluding carboxylic acids is 1. The van der Waals surface area contributed by atoms with E-state index >= 15 is 0 Å². The Morgan fingerprint density at radius 2 is 1.73 bits per heavy atom. The maximum Gasteiger partial charge on any atom is 0.335 e. The van der Waals surface area contributed by atoms with Crippen LogP contribution in [0.15, 0.2) is 48.5 Å². The molecule has 7 nitrogen and oxygen atoms in total. The molecule has 1 atom stereocenters. The van der Waals surface area contributed by atoms with E-state index in [1.165, 1.54) is 24.3 Å². The maximum absolute atomic E-state index is 11.8. The molecule has 1 N–H and O–H groups in total. The number of ether oxygens (including phenoxy) is 2. The summed E-state index contributed by atoms with van der Waals surface area (Å²) in [4.78, 5) is 21.9. The standard InChI is InChI=1S/C19H21NO6/c1-25-17-11-7-14(8-12-17)3-2-4-18(21)19(22)26-13-15-5-9-16(10-6-15)20(23)24/h5-12,18,21H,2-4,13H2,1H3/t18-/m0/s1. The summed E-state index contributed by atoms with van der Waals surface area (Å²) in [6.45, 7) is -0.0353. The number of aryl methyl sites for hydroxylation is 1. The van der Waals surface area contributed by atoms with Crippen molar-refractivity contribution < 1.29 is 24.3 Å². The van der Waals surface area contributed by atoms with Gasteiger partial charge in [0.15, 0.2) is 6.10 Å². The second-order valence-corrected chi connectivity index (χ2v) is 5.79. The molecule has 0 saturated heterocycles. The van der Waals surface area contributed by atoms with Gasteiger partial charge >= 0.3 is 5.97 Å². The Bertz CT molecular complexity index is 727. The minimum atomic E-state index is -1.19. The number of esters is 1. The van der Waals surface area contributed by atoms with E-state index in [0.717, 1.165) is 17.7 Å². The molecule has 138 valence electrons. The summed E-state index contributed by atoms with van der Waals surface area (Å²) < 4.78 is 10.1. The molecule has 2 aromatic carbocycles. The third-order valence-electron chi connectivity index (χ3n) is 3.90. The molecule has 0 radical (unpaired) electrons. The van der Waals surface area contributed by atoms with E-state index in [1.807, 2.05) is 24.3 Å². The molecule has 0 aromatic heterocycles. The fourth-order valence-corrected chi connectivity index (χ4v) is 2.37. The third-order valence-corrected chi connectivity index (χ3v) is 3.90. The zero-order valence-corrected chi connectivity index (χ0v) is 14.5. The molecule has 0 fully saturated rings. The van der Waals surface area contributed by atoms with Crippen molar-refractivity contribution >= 4 is 11.7 Å². The van der Waals surface area contributed by atoms with Gasteiger partial charge in [0.05, 0.1) is 12.0 Å². The lowest BCUT2D eigenvalue weighted by Crippen LogP contribution is -2.23. The van der Waals surface area contributed by atoms with Gasteiger partial charge in [-0.3, -0.25) is 10.1 Å². The first kappa shape index (κ1) is 19.4. The number of aliphatic hydroxyl groups is 1. The summed E-state index contributed by atoms with van der Waals surface area (Å²) in [7, 11) is 1.60.